The van der Waals surface area contributed by atoms with E-state index in [4.69, 9.17) is 20.4 Å². The highest BCUT2D eigenvalue weighted by molar-refractivity contribution is 5.95. The smallest absolute Gasteiger partial charge is 0.188 e. The molecule has 6 heteroatoms. The van der Waals surface area contributed by atoms with Crippen molar-refractivity contribution in [2.75, 3.05) is 7.11 Å². The first-order valence-corrected chi connectivity index (χ1v) is 6.36. The Balaban J connectivity index is 1.96. The van der Waals surface area contributed by atoms with Crippen LogP contribution in [0.4, 0.5) is 0 Å². The number of ether oxygens (including phenoxy) is 2. The van der Waals surface area contributed by atoms with Gasteiger partial charge in [0.25, 0.3) is 0 Å². The third-order valence-electron chi connectivity index (χ3n) is 3.32. The Kier molecular flexibility index (Phi) is 4.57. The molecule has 2 unspecified atom stereocenters. The summed E-state index contributed by atoms with van der Waals surface area (Å²) in [6.45, 7) is 0. The summed E-state index contributed by atoms with van der Waals surface area (Å²) in [5.74, 6) is 0.680. The molecule has 1 aromatic rings. The minimum Gasteiger partial charge on any atom is -0.489 e. The Morgan fingerprint density at radius 2 is 2.21 bits per heavy atom. The quantitative estimate of drug-likeness (QED) is 0.373. The highest BCUT2D eigenvalue weighted by Gasteiger charge is 2.23. The van der Waals surface area contributed by atoms with E-state index in [0.717, 1.165) is 25.7 Å². The van der Waals surface area contributed by atoms with Gasteiger partial charge in [0.15, 0.2) is 5.84 Å². The molecule has 0 spiro atoms. The van der Waals surface area contributed by atoms with Gasteiger partial charge in [-0.25, -0.2) is 4.98 Å². The van der Waals surface area contributed by atoms with E-state index >= 15 is 0 Å². The number of amidine groups is 1. The van der Waals surface area contributed by atoms with Crippen LogP contribution in [-0.4, -0.2) is 35.3 Å². The molecule has 1 aromatic heterocycles. The van der Waals surface area contributed by atoms with Gasteiger partial charge in [-0.2, -0.15) is 0 Å². The topological polar surface area (TPSA) is 90.0 Å². The fourth-order valence-corrected chi connectivity index (χ4v) is 2.27. The van der Waals surface area contributed by atoms with Gasteiger partial charge >= 0.3 is 0 Å². The number of hydrogen-bond acceptors (Lipinski definition) is 5. The van der Waals surface area contributed by atoms with E-state index in [2.05, 4.69) is 10.1 Å². The largest absolute Gasteiger partial charge is 0.489 e. The van der Waals surface area contributed by atoms with Gasteiger partial charge in [0.05, 0.1) is 12.3 Å². The maximum absolute atomic E-state index is 8.55. The lowest BCUT2D eigenvalue weighted by molar-refractivity contribution is 0.0208. The van der Waals surface area contributed by atoms with Crippen molar-refractivity contribution >= 4 is 5.84 Å². The molecule has 2 atom stereocenters. The van der Waals surface area contributed by atoms with Crippen LogP contribution in [0.3, 0.4) is 0 Å². The second kappa shape index (κ2) is 6.38. The van der Waals surface area contributed by atoms with Crippen molar-refractivity contribution in [3.8, 4) is 5.75 Å². The van der Waals surface area contributed by atoms with Crippen LogP contribution in [0, 0.1) is 0 Å². The Morgan fingerprint density at radius 3 is 2.84 bits per heavy atom. The summed E-state index contributed by atoms with van der Waals surface area (Å²) in [6, 6.07) is 3.44. The third-order valence-corrected chi connectivity index (χ3v) is 3.32. The molecular weight excluding hydrogens is 246 g/mol. The summed E-state index contributed by atoms with van der Waals surface area (Å²) >= 11 is 0. The van der Waals surface area contributed by atoms with Gasteiger partial charge in [-0.15, -0.1) is 0 Å². The monoisotopic (exact) mass is 265 g/mol. The van der Waals surface area contributed by atoms with Crippen LogP contribution in [0.15, 0.2) is 23.5 Å². The minimum absolute atomic E-state index is 0.0105. The lowest BCUT2D eigenvalue weighted by atomic mass is 9.95. The SMILES string of the molecule is COC1CCCC(Oc2ccc(/C(N)=N/O)nc2)C1. The highest BCUT2D eigenvalue weighted by Crippen LogP contribution is 2.24. The summed E-state index contributed by atoms with van der Waals surface area (Å²) in [5.41, 5.74) is 5.87. The van der Waals surface area contributed by atoms with Crippen molar-refractivity contribution in [1.82, 2.24) is 4.98 Å². The number of hydrogen-bond donors (Lipinski definition) is 2. The number of rotatable bonds is 4. The molecule has 0 saturated heterocycles. The van der Waals surface area contributed by atoms with Crippen LogP contribution in [0.25, 0.3) is 0 Å². The van der Waals surface area contributed by atoms with E-state index in [1.807, 2.05) is 0 Å². The summed E-state index contributed by atoms with van der Waals surface area (Å²) in [7, 11) is 1.74. The molecule has 19 heavy (non-hydrogen) atoms. The van der Waals surface area contributed by atoms with Crippen molar-refractivity contribution in [2.45, 2.75) is 37.9 Å². The zero-order chi connectivity index (χ0) is 13.7. The van der Waals surface area contributed by atoms with Gasteiger partial charge in [-0.1, -0.05) is 5.16 Å². The van der Waals surface area contributed by atoms with E-state index in [1.54, 1.807) is 25.4 Å². The first kappa shape index (κ1) is 13.6. The van der Waals surface area contributed by atoms with Crippen molar-refractivity contribution in [2.24, 2.45) is 10.9 Å². The van der Waals surface area contributed by atoms with E-state index in [0.29, 0.717) is 11.4 Å². The molecule has 104 valence electrons. The summed E-state index contributed by atoms with van der Waals surface area (Å²) in [5, 5.41) is 11.5. The molecule has 0 aliphatic heterocycles. The Bertz CT molecular complexity index is 433. The summed E-state index contributed by atoms with van der Waals surface area (Å²) < 4.78 is 11.2. The molecule has 0 amide bonds. The molecule has 1 heterocycles. The van der Waals surface area contributed by atoms with Gasteiger partial charge in [0, 0.05) is 13.5 Å². The summed E-state index contributed by atoms with van der Waals surface area (Å²) in [6.07, 6.45) is 6.17. The van der Waals surface area contributed by atoms with Crippen LogP contribution in [0.5, 0.6) is 5.75 Å². The zero-order valence-electron chi connectivity index (χ0n) is 11.0. The van der Waals surface area contributed by atoms with Crippen LogP contribution in [0.2, 0.25) is 0 Å². The fraction of sp³-hybridized carbons (Fsp3) is 0.538. The molecule has 0 bridgehead atoms. The van der Waals surface area contributed by atoms with E-state index in [1.165, 1.54) is 0 Å². The first-order chi connectivity index (χ1) is 9.22. The van der Waals surface area contributed by atoms with Gasteiger partial charge in [-0.3, -0.25) is 0 Å². The standard InChI is InChI=1S/C13H19N3O3/c1-18-9-3-2-4-10(7-9)19-11-5-6-12(15-8-11)13(14)16-17/h5-6,8-10,17H,2-4,7H2,1H3,(H2,14,16). The predicted octanol–water partition coefficient (Wildman–Crippen LogP) is 1.51. The molecule has 3 N–H and O–H groups in total. The van der Waals surface area contributed by atoms with Gasteiger partial charge in [0.1, 0.15) is 17.5 Å². The molecule has 1 fully saturated rings. The normalized spacial score (nSPS) is 24.2. The Labute approximate surface area is 112 Å². The van der Waals surface area contributed by atoms with Crippen LogP contribution in [0.1, 0.15) is 31.4 Å². The second-order valence-corrected chi connectivity index (χ2v) is 4.63. The average Bonchev–Trinajstić information content (AvgIpc) is 2.47. The van der Waals surface area contributed by atoms with Gasteiger partial charge in [0.2, 0.25) is 0 Å². The van der Waals surface area contributed by atoms with Gasteiger partial charge < -0.3 is 20.4 Å². The van der Waals surface area contributed by atoms with Gasteiger partial charge in [-0.05, 0) is 31.4 Å². The predicted molar refractivity (Wildman–Crippen MR) is 70.4 cm³/mol. The third kappa shape index (κ3) is 3.57. The molecule has 0 radical (unpaired) electrons. The molecule has 0 aromatic carbocycles. The number of nitrogens with two attached hydrogens (primary N) is 1. The number of pyridine rings is 1. The van der Waals surface area contributed by atoms with Crippen LogP contribution < -0.4 is 10.5 Å². The van der Waals surface area contributed by atoms with E-state index < -0.39 is 0 Å². The van der Waals surface area contributed by atoms with Crippen molar-refractivity contribution < 1.29 is 14.7 Å². The Hall–Kier alpha value is -1.82. The lowest BCUT2D eigenvalue weighted by Crippen LogP contribution is -2.29. The summed E-state index contributed by atoms with van der Waals surface area (Å²) in [4.78, 5) is 4.08. The molecule has 6 nitrogen and oxygen atoms in total. The maximum atomic E-state index is 8.55. The maximum Gasteiger partial charge on any atom is 0.188 e. The molecule has 1 aliphatic carbocycles. The van der Waals surface area contributed by atoms with E-state index in [-0.39, 0.29) is 18.0 Å². The molecule has 1 aliphatic rings. The molecular formula is C13H19N3O3. The van der Waals surface area contributed by atoms with Crippen molar-refractivity contribution in [3.05, 3.63) is 24.0 Å². The number of oxime groups is 1. The number of aromatic nitrogens is 1. The van der Waals surface area contributed by atoms with Crippen molar-refractivity contribution in [3.63, 3.8) is 0 Å². The average molecular weight is 265 g/mol. The van der Waals surface area contributed by atoms with Crippen LogP contribution >= 0.6 is 0 Å². The molecule has 2 rings (SSSR count). The Morgan fingerprint density at radius 1 is 1.42 bits per heavy atom. The number of nitrogens with zero attached hydrogens (tertiary/aromatic N) is 2. The van der Waals surface area contributed by atoms with Crippen molar-refractivity contribution in [1.29, 1.82) is 0 Å². The highest BCUT2D eigenvalue weighted by atomic mass is 16.5. The molecule has 1 saturated carbocycles. The zero-order valence-corrected chi connectivity index (χ0v) is 11.0. The minimum atomic E-state index is -0.0105. The lowest BCUT2D eigenvalue weighted by Gasteiger charge is -2.28. The van der Waals surface area contributed by atoms with E-state index in [9.17, 15) is 0 Å². The fourth-order valence-electron chi connectivity index (χ4n) is 2.27. The first-order valence-electron chi connectivity index (χ1n) is 6.36. The number of methoxy groups -OCH3 is 1. The van der Waals surface area contributed by atoms with Crippen LogP contribution in [-0.2, 0) is 4.74 Å². The second-order valence-electron chi connectivity index (χ2n) is 4.63.